The molecule has 35 heavy (non-hydrogen) atoms. The molecule has 0 bridgehead atoms. The van der Waals surface area contributed by atoms with Gasteiger partial charge in [-0.25, -0.2) is 4.39 Å². The van der Waals surface area contributed by atoms with Gasteiger partial charge in [-0.05, 0) is 69.5 Å². The molecule has 2 aromatic carbocycles. The summed E-state index contributed by atoms with van der Waals surface area (Å²) in [5.74, 6) is 0.122. The molecule has 2 aliphatic rings. The molecule has 1 spiro atoms. The van der Waals surface area contributed by atoms with E-state index in [-0.39, 0.29) is 35.6 Å². The van der Waals surface area contributed by atoms with Crippen molar-refractivity contribution in [2.24, 2.45) is 0 Å². The zero-order valence-electron chi connectivity index (χ0n) is 20.6. The predicted octanol–water partition coefficient (Wildman–Crippen LogP) is 5.42. The lowest BCUT2D eigenvalue weighted by atomic mass is 9.80. The fraction of sp³-hybridized carbons (Fsp3) is 0.500. The summed E-state index contributed by atoms with van der Waals surface area (Å²) in [6.45, 7) is 7.52. The third kappa shape index (κ3) is 5.83. The summed E-state index contributed by atoms with van der Waals surface area (Å²) in [6.07, 6.45) is 2.72. The van der Waals surface area contributed by atoms with Crippen molar-refractivity contribution >= 4 is 5.91 Å². The average molecular weight is 481 g/mol. The molecular weight excluding hydrogens is 447 g/mol. The van der Waals surface area contributed by atoms with Crippen molar-refractivity contribution < 1.29 is 23.4 Å². The Labute approximate surface area is 206 Å². The lowest BCUT2D eigenvalue weighted by molar-refractivity contribution is -0.190. The minimum Gasteiger partial charge on any atom is -0.490 e. The van der Waals surface area contributed by atoms with Gasteiger partial charge in [-0.3, -0.25) is 4.79 Å². The Hall–Kier alpha value is -2.95. The maximum atomic E-state index is 13.5. The first-order valence-corrected chi connectivity index (χ1v) is 12.4. The van der Waals surface area contributed by atoms with Crippen molar-refractivity contribution in [3.05, 3.63) is 65.0 Å². The Kier molecular flexibility index (Phi) is 7.73. The average Bonchev–Trinajstić information content (AvgIpc) is 2.84. The molecule has 0 aromatic heterocycles. The van der Waals surface area contributed by atoms with Gasteiger partial charge in [0.2, 0.25) is 0 Å². The van der Waals surface area contributed by atoms with Crippen LogP contribution < -0.4 is 4.74 Å². The number of piperidine rings is 1. The number of nitriles is 1. The molecule has 2 aromatic rings. The topological polar surface area (TPSA) is 71.8 Å². The largest absolute Gasteiger partial charge is 0.490 e. The number of hydrogen-bond donors (Lipinski definition) is 0. The molecule has 0 unspecified atom stereocenters. The van der Waals surface area contributed by atoms with Gasteiger partial charge >= 0.3 is 0 Å². The number of amides is 1. The van der Waals surface area contributed by atoms with Crippen LogP contribution in [0.1, 0.15) is 74.0 Å². The van der Waals surface area contributed by atoms with Crippen LogP contribution in [0.25, 0.3) is 0 Å². The summed E-state index contributed by atoms with van der Waals surface area (Å²) >= 11 is 0. The molecule has 2 heterocycles. The van der Waals surface area contributed by atoms with E-state index in [1.165, 1.54) is 12.1 Å². The minimum atomic E-state index is -0.388. The molecule has 2 aliphatic heterocycles. The highest BCUT2D eigenvalue weighted by Gasteiger charge is 2.45. The van der Waals surface area contributed by atoms with E-state index >= 15 is 0 Å². The van der Waals surface area contributed by atoms with Gasteiger partial charge in [-0.15, -0.1) is 0 Å². The van der Waals surface area contributed by atoms with Crippen LogP contribution in [-0.2, 0) is 9.47 Å². The quantitative estimate of drug-likeness (QED) is 0.552. The van der Waals surface area contributed by atoms with Crippen LogP contribution >= 0.6 is 0 Å². The predicted molar refractivity (Wildman–Crippen MR) is 130 cm³/mol. The lowest BCUT2D eigenvalue weighted by Gasteiger charge is -2.48. The maximum absolute atomic E-state index is 13.5. The summed E-state index contributed by atoms with van der Waals surface area (Å²) < 4.78 is 31.8. The zero-order valence-corrected chi connectivity index (χ0v) is 20.6. The number of benzene rings is 2. The summed E-state index contributed by atoms with van der Waals surface area (Å²) in [6, 6.07) is 13.6. The highest BCUT2D eigenvalue weighted by Crippen LogP contribution is 2.44. The first-order valence-electron chi connectivity index (χ1n) is 12.4. The van der Waals surface area contributed by atoms with Crippen molar-refractivity contribution in [1.29, 1.82) is 5.26 Å². The lowest BCUT2D eigenvalue weighted by Crippen LogP contribution is -2.52. The van der Waals surface area contributed by atoms with Crippen LogP contribution in [-0.4, -0.2) is 48.3 Å². The fourth-order valence-corrected chi connectivity index (χ4v) is 5.11. The van der Waals surface area contributed by atoms with Gasteiger partial charge in [0, 0.05) is 38.1 Å². The smallest absolute Gasteiger partial charge is 0.253 e. The molecule has 2 atom stereocenters. The van der Waals surface area contributed by atoms with Gasteiger partial charge in [0.1, 0.15) is 17.6 Å². The normalized spacial score (nSPS) is 21.7. The van der Waals surface area contributed by atoms with E-state index in [0.717, 1.165) is 18.4 Å². The van der Waals surface area contributed by atoms with E-state index in [1.807, 2.05) is 25.7 Å². The number of rotatable bonds is 6. The molecule has 0 radical (unpaired) electrons. The molecular formula is C28H33FN2O4. The van der Waals surface area contributed by atoms with E-state index in [2.05, 4.69) is 6.07 Å². The number of carbonyl (C=O) groups is 1. The van der Waals surface area contributed by atoms with E-state index < -0.39 is 0 Å². The molecule has 7 heteroatoms. The van der Waals surface area contributed by atoms with Crippen molar-refractivity contribution in [2.75, 3.05) is 19.7 Å². The van der Waals surface area contributed by atoms with Gasteiger partial charge in [0.15, 0.2) is 0 Å². The van der Waals surface area contributed by atoms with Gasteiger partial charge in [-0.2, -0.15) is 5.26 Å². The van der Waals surface area contributed by atoms with Crippen LogP contribution in [0.3, 0.4) is 0 Å². The van der Waals surface area contributed by atoms with Gasteiger partial charge in [-0.1, -0.05) is 12.1 Å². The number of halogens is 1. The van der Waals surface area contributed by atoms with Crippen molar-refractivity contribution in [2.45, 2.75) is 70.4 Å². The second kappa shape index (κ2) is 10.8. The number of ether oxygens (including phenoxy) is 3. The van der Waals surface area contributed by atoms with Gasteiger partial charge in [0.25, 0.3) is 5.91 Å². The Balaban J connectivity index is 1.46. The first kappa shape index (κ1) is 25.2. The van der Waals surface area contributed by atoms with E-state index in [0.29, 0.717) is 49.4 Å². The number of nitrogens with zero attached hydrogens (tertiary/aromatic N) is 2. The van der Waals surface area contributed by atoms with Crippen LogP contribution in [0.4, 0.5) is 4.39 Å². The molecule has 2 saturated heterocycles. The second-order valence-electron chi connectivity index (χ2n) is 9.64. The Morgan fingerprint density at radius 1 is 1.23 bits per heavy atom. The standard InChI is InChI=1S/C28H33FN2O4/c1-4-33-24-16-26(20-5-8-23(29)9-6-20)35-28(17-24)11-13-31(14-12-28)27(32)21-7-10-25(34-19(2)3)22(15-21)18-30/h5-10,15,19,24,26H,4,11-14,16-17H2,1-3H3/t24-,26-/m0/s1. The van der Waals surface area contributed by atoms with Crippen LogP contribution in [0.2, 0.25) is 0 Å². The highest BCUT2D eigenvalue weighted by molar-refractivity contribution is 5.95. The van der Waals surface area contributed by atoms with Gasteiger partial charge in [0.05, 0.1) is 29.5 Å². The molecule has 0 saturated carbocycles. The van der Waals surface area contributed by atoms with Crippen molar-refractivity contribution in [3.63, 3.8) is 0 Å². The monoisotopic (exact) mass is 480 g/mol. The molecule has 0 aliphatic carbocycles. The first-order chi connectivity index (χ1) is 16.8. The molecule has 186 valence electrons. The number of carbonyl (C=O) groups excluding carboxylic acids is 1. The summed E-state index contributed by atoms with van der Waals surface area (Å²) in [5, 5.41) is 9.51. The molecule has 4 rings (SSSR count). The summed E-state index contributed by atoms with van der Waals surface area (Å²) in [7, 11) is 0. The molecule has 2 fully saturated rings. The van der Waals surface area contributed by atoms with E-state index in [1.54, 1.807) is 30.3 Å². The van der Waals surface area contributed by atoms with Crippen LogP contribution in [0.5, 0.6) is 5.75 Å². The zero-order chi connectivity index (χ0) is 25.0. The second-order valence-corrected chi connectivity index (χ2v) is 9.64. The molecule has 6 nitrogen and oxygen atoms in total. The number of hydrogen-bond acceptors (Lipinski definition) is 5. The minimum absolute atomic E-state index is 0.0535. The Morgan fingerprint density at radius 3 is 2.57 bits per heavy atom. The third-order valence-corrected chi connectivity index (χ3v) is 6.78. The maximum Gasteiger partial charge on any atom is 0.253 e. The molecule has 0 N–H and O–H groups in total. The highest BCUT2D eigenvalue weighted by atomic mass is 19.1. The van der Waals surface area contributed by atoms with Crippen LogP contribution in [0, 0.1) is 17.1 Å². The van der Waals surface area contributed by atoms with Crippen LogP contribution in [0.15, 0.2) is 42.5 Å². The third-order valence-electron chi connectivity index (χ3n) is 6.78. The Bertz CT molecular complexity index is 1070. The van der Waals surface area contributed by atoms with Gasteiger partial charge < -0.3 is 19.1 Å². The summed E-state index contributed by atoms with van der Waals surface area (Å²) in [5.41, 5.74) is 1.40. The van der Waals surface area contributed by atoms with Crippen molar-refractivity contribution in [3.8, 4) is 11.8 Å². The SMILES string of the molecule is CCO[C@H]1C[C@@H](c2ccc(F)cc2)OC2(CCN(C(=O)c3ccc(OC(C)C)c(C#N)c3)CC2)C1. The fourth-order valence-electron chi connectivity index (χ4n) is 5.11. The summed E-state index contributed by atoms with van der Waals surface area (Å²) in [4.78, 5) is 15.1. The number of likely N-dealkylation sites (tertiary alicyclic amines) is 1. The molecule has 1 amide bonds. The van der Waals surface area contributed by atoms with E-state index in [9.17, 15) is 14.4 Å². The Morgan fingerprint density at radius 2 is 1.94 bits per heavy atom. The van der Waals surface area contributed by atoms with Crippen molar-refractivity contribution in [1.82, 2.24) is 4.90 Å². The van der Waals surface area contributed by atoms with E-state index in [4.69, 9.17) is 14.2 Å².